The summed E-state index contributed by atoms with van der Waals surface area (Å²) in [5, 5.41) is 2.77. The second kappa shape index (κ2) is 12.2. The highest BCUT2D eigenvalue weighted by atomic mass is 16.5. The first-order chi connectivity index (χ1) is 20.2. The predicted molar refractivity (Wildman–Crippen MR) is 162 cm³/mol. The number of rotatable bonds is 9. The van der Waals surface area contributed by atoms with Gasteiger partial charge in [-0.2, -0.15) is 0 Å². The first-order valence-corrected chi connectivity index (χ1v) is 13.6. The molecule has 5 rings (SSSR count). The van der Waals surface area contributed by atoms with Gasteiger partial charge in [0.2, 0.25) is 0 Å². The molecule has 0 radical (unpaired) electrons. The topological polar surface area (TPSA) is 114 Å². The first-order valence-electron chi connectivity index (χ1n) is 13.6. The number of ether oxygens (including phenoxy) is 2. The number of nitrogens with zero attached hydrogens (tertiary/aromatic N) is 4. The van der Waals surface area contributed by atoms with Gasteiger partial charge >= 0.3 is 11.8 Å². The number of benzene rings is 3. The third-order valence-electron chi connectivity index (χ3n) is 6.52. The average molecular weight is 567 g/mol. The average Bonchev–Trinajstić information content (AvgIpc) is 3.31. The number of H-pyrrole nitrogens is 1. The van der Waals surface area contributed by atoms with E-state index in [4.69, 9.17) is 9.47 Å². The molecule has 0 atom stereocenters. The van der Waals surface area contributed by atoms with Crippen molar-refractivity contribution in [2.45, 2.75) is 46.0 Å². The maximum Gasteiger partial charge on any atom is 0.407 e. The van der Waals surface area contributed by atoms with Crippen LogP contribution in [-0.2, 0) is 24.4 Å². The van der Waals surface area contributed by atoms with Crippen LogP contribution in [0.15, 0.2) is 90.0 Å². The van der Waals surface area contributed by atoms with Gasteiger partial charge in [0.15, 0.2) is 11.5 Å². The van der Waals surface area contributed by atoms with Gasteiger partial charge in [-0.05, 0) is 49.6 Å². The fraction of sp³-hybridized carbons (Fsp3) is 0.250. The number of carbonyl (C=O) groups excluding carboxylic acids is 1. The molecule has 0 saturated carbocycles. The Morgan fingerprint density at radius 2 is 1.57 bits per heavy atom. The van der Waals surface area contributed by atoms with Crippen molar-refractivity contribution in [1.29, 1.82) is 0 Å². The van der Waals surface area contributed by atoms with Crippen molar-refractivity contribution in [3.05, 3.63) is 112 Å². The van der Waals surface area contributed by atoms with Crippen LogP contribution >= 0.6 is 0 Å². The second-order valence-corrected chi connectivity index (χ2v) is 10.9. The molecule has 0 aliphatic carbocycles. The van der Waals surface area contributed by atoms with Gasteiger partial charge < -0.3 is 24.7 Å². The largest absolute Gasteiger partial charge is 0.495 e. The highest BCUT2D eigenvalue weighted by Gasteiger charge is 2.22. The lowest BCUT2D eigenvalue weighted by Gasteiger charge is -2.24. The summed E-state index contributed by atoms with van der Waals surface area (Å²) in [6.45, 7) is 6.78. The van der Waals surface area contributed by atoms with Gasteiger partial charge in [-0.1, -0.05) is 66.7 Å². The minimum Gasteiger partial charge on any atom is -0.495 e. The summed E-state index contributed by atoms with van der Waals surface area (Å²) in [5.74, 6) is 1.06. The van der Waals surface area contributed by atoms with E-state index in [9.17, 15) is 9.59 Å². The Morgan fingerprint density at radius 1 is 0.929 bits per heavy atom. The van der Waals surface area contributed by atoms with Gasteiger partial charge in [0, 0.05) is 18.6 Å². The number of amides is 1. The number of nitrogens with one attached hydrogen (secondary N) is 2. The van der Waals surface area contributed by atoms with E-state index in [1.807, 2.05) is 57.2 Å². The third kappa shape index (κ3) is 6.60. The summed E-state index contributed by atoms with van der Waals surface area (Å²) in [6, 6.07) is 25.5. The maximum absolute atomic E-state index is 13.5. The van der Waals surface area contributed by atoms with E-state index >= 15 is 0 Å². The number of methoxy groups -OCH3 is 1. The second-order valence-electron chi connectivity index (χ2n) is 10.9. The fourth-order valence-electron chi connectivity index (χ4n) is 4.68. The molecular weight excluding hydrogens is 532 g/mol. The number of alkyl carbamates (subject to hydrolysis) is 1. The van der Waals surface area contributed by atoms with Gasteiger partial charge in [-0.3, -0.25) is 0 Å². The lowest BCUT2D eigenvalue weighted by atomic mass is 10.1. The van der Waals surface area contributed by atoms with E-state index in [0.29, 0.717) is 47.1 Å². The number of imidazole rings is 1. The van der Waals surface area contributed by atoms with Crippen LogP contribution in [0.3, 0.4) is 0 Å². The highest BCUT2D eigenvalue weighted by molar-refractivity contribution is 5.85. The Bertz CT molecular complexity index is 1680. The lowest BCUT2D eigenvalue weighted by molar-refractivity contribution is 0.131. The molecule has 0 aliphatic heterocycles. The fourth-order valence-corrected chi connectivity index (χ4v) is 4.68. The zero-order valence-corrected chi connectivity index (χ0v) is 24.1. The van der Waals surface area contributed by atoms with Gasteiger partial charge in [0.25, 0.3) is 0 Å². The van der Waals surface area contributed by atoms with E-state index in [2.05, 4.69) is 49.4 Å². The quantitative estimate of drug-likeness (QED) is 0.247. The summed E-state index contributed by atoms with van der Waals surface area (Å²) < 4.78 is 12.5. The standard InChI is InChI=1S/C32H34N6O4/c1-32(2,3)36-31(40)42-20-24-15-16-26(41-4)25(17-24)38-29-27(35-30(38)39)28(33-21-34-29)37(18-22-11-7-5-8-12-22)19-23-13-9-6-10-14-23/h5-17,21H,18-20H2,1-4H3,(H,35,39)(H,36,40). The Balaban J connectivity index is 1.54. The van der Waals surface area contributed by atoms with Crippen LogP contribution < -0.4 is 20.6 Å². The van der Waals surface area contributed by atoms with Crippen molar-refractivity contribution in [2.24, 2.45) is 0 Å². The Hall–Kier alpha value is -5.12. The summed E-state index contributed by atoms with van der Waals surface area (Å²) in [5.41, 5.74) is 3.44. The predicted octanol–water partition coefficient (Wildman–Crippen LogP) is 5.35. The molecule has 10 nitrogen and oxygen atoms in total. The third-order valence-corrected chi connectivity index (χ3v) is 6.52. The first kappa shape index (κ1) is 28.4. The van der Waals surface area contributed by atoms with Crippen molar-refractivity contribution < 1.29 is 14.3 Å². The number of aromatic nitrogens is 4. The van der Waals surface area contributed by atoms with Gasteiger partial charge in [-0.25, -0.2) is 24.1 Å². The monoisotopic (exact) mass is 566 g/mol. The van der Waals surface area contributed by atoms with Crippen molar-refractivity contribution in [3.63, 3.8) is 0 Å². The molecule has 0 saturated heterocycles. The van der Waals surface area contributed by atoms with Crippen molar-refractivity contribution in [3.8, 4) is 11.4 Å². The maximum atomic E-state index is 13.5. The molecule has 0 fully saturated rings. The molecule has 2 N–H and O–H groups in total. The molecule has 5 aromatic rings. The number of hydrogen-bond acceptors (Lipinski definition) is 7. The molecule has 0 aliphatic rings. The number of fused-ring (bicyclic) bond motifs is 1. The summed E-state index contributed by atoms with van der Waals surface area (Å²) in [4.78, 5) is 39.9. The molecule has 0 bridgehead atoms. The molecule has 3 aromatic carbocycles. The SMILES string of the molecule is COc1ccc(COC(=O)NC(C)(C)C)cc1-n1c(=O)[nH]c2c(N(Cc3ccccc3)Cc3ccccc3)ncnc21. The molecule has 0 spiro atoms. The number of hydrogen-bond donors (Lipinski definition) is 2. The lowest BCUT2D eigenvalue weighted by Crippen LogP contribution is -2.40. The van der Waals surface area contributed by atoms with Gasteiger partial charge in [-0.15, -0.1) is 0 Å². The molecule has 10 heteroatoms. The van der Waals surface area contributed by atoms with Crippen LogP contribution in [0.5, 0.6) is 5.75 Å². The summed E-state index contributed by atoms with van der Waals surface area (Å²) in [7, 11) is 1.54. The molecule has 216 valence electrons. The van der Waals surface area contributed by atoms with E-state index in [1.54, 1.807) is 18.2 Å². The van der Waals surface area contributed by atoms with E-state index in [1.165, 1.54) is 18.0 Å². The normalized spacial score (nSPS) is 11.3. The van der Waals surface area contributed by atoms with E-state index in [0.717, 1.165) is 11.1 Å². The molecular formula is C32H34N6O4. The van der Waals surface area contributed by atoms with Crippen LogP contribution in [0.25, 0.3) is 16.9 Å². The van der Waals surface area contributed by atoms with Crippen molar-refractivity contribution in [1.82, 2.24) is 24.8 Å². The molecule has 2 heterocycles. The number of aromatic amines is 1. The Kier molecular flexibility index (Phi) is 8.24. The summed E-state index contributed by atoms with van der Waals surface area (Å²) >= 11 is 0. The molecule has 1 amide bonds. The Labute approximate surface area is 244 Å². The van der Waals surface area contributed by atoms with Crippen LogP contribution in [0, 0.1) is 0 Å². The zero-order valence-electron chi connectivity index (χ0n) is 24.1. The van der Waals surface area contributed by atoms with Crippen LogP contribution in [0.4, 0.5) is 10.6 Å². The van der Waals surface area contributed by atoms with Gasteiger partial charge in [0.05, 0.1) is 12.8 Å². The minimum absolute atomic E-state index is 0.0121. The van der Waals surface area contributed by atoms with E-state index < -0.39 is 17.3 Å². The van der Waals surface area contributed by atoms with Crippen molar-refractivity contribution >= 4 is 23.1 Å². The van der Waals surface area contributed by atoms with Crippen LogP contribution in [0.2, 0.25) is 0 Å². The summed E-state index contributed by atoms with van der Waals surface area (Å²) in [6.07, 6.45) is 0.930. The van der Waals surface area contributed by atoms with E-state index in [-0.39, 0.29) is 6.61 Å². The van der Waals surface area contributed by atoms with Crippen molar-refractivity contribution in [2.75, 3.05) is 12.0 Å². The minimum atomic E-state index is -0.529. The van der Waals surface area contributed by atoms with Crippen LogP contribution in [-0.4, -0.2) is 38.3 Å². The number of anilines is 1. The number of carbonyl (C=O) groups is 1. The molecule has 2 aromatic heterocycles. The Morgan fingerprint density at radius 3 is 2.17 bits per heavy atom. The molecule has 42 heavy (non-hydrogen) atoms. The van der Waals surface area contributed by atoms with Crippen LogP contribution in [0.1, 0.15) is 37.5 Å². The molecule has 0 unspecified atom stereocenters. The van der Waals surface area contributed by atoms with Gasteiger partial charge in [0.1, 0.15) is 24.2 Å². The zero-order chi connectivity index (χ0) is 29.7. The smallest absolute Gasteiger partial charge is 0.407 e. The highest BCUT2D eigenvalue weighted by Crippen LogP contribution is 2.29.